The number of aryl methyl sites for hydroxylation is 1. The Kier molecular flexibility index (Phi) is 4.48. The molecule has 152 valence electrons. The number of nitrogens with one attached hydrogen (secondary N) is 1. The fraction of sp³-hybridized carbons (Fsp3) is 0.773. The van der Waals surface area contributed by atoms with Gasteiger partial charge in [-0.05, 0) is 70.1 Å². The lowest BCUT2D eigenvalue weighted by Gasteiger charge is -2.57. The molecular formula is C22H33N5O. The average Bonchev–Trinajstić information content (AvgIpc) is 2.66. The maximum Gasteiger partial charge on any atom is 0.228 e. The molecule has 0 spiro atoms. The van der Waals surface area contributed by atoms with E-state index >= 15 is 0 Å². The zero-order valence-electron chi connectivity index (χ0n) is 17.3. The smallest absolute Gasteiger partial charge is 0.228 e. The highest BCUT2D eigenvalue weighted by Crippen LogP contribution is 2.60. The van der Waals surface area contributed by atoms with Gasteiger partial charge >= 0.3 is 0 Å². The average molecular weight is 384 g/mol. The number of anilines is 2. The summed E-state index contributed by atoms with van der Waals surface area (Å²) in [6, 6.07) is 1.99. The highest BCUT2D eigenvalue weighted by Gasteiger charge is 2.55. The Labute approximate surface area is 168 Å². The van der Waals surface area contributed by atoms with E-state index in [0.717, 1.165) is 87.2 Å². The number of aromatic nitrogens is 2. The molecule has 1 saturated heterocycles. The van der Waals surface area contributed by atoms with Crippen LogP contribution in [-0.2, 0) is 4.79 Å². The van der Waals surface area contributed by atoms with Crippen molar-refractivity contribution in [2.75, 3.05) is 42.9 Å². The van der Waals surface area contributed by atoms with Crippen LogP contribution in [0.3, 0.4) is 0 Å². The van der Waals surface area contributed by atoms with Crippen LogP contribution in [0.1, 0.15) is 51.1 Å². The molecule has 0 radical (unpaired) electrons. The Bertz CT molecular complexity index is 720. The number of hydrogen-bond donors (Lipinski definition) is 1. The van der Waals surface area contributed by atoms with Crippen LogP contribution in [0.15, 0.2) is 6.07 Å². The molecule has 4 saturated carbocycles. The summed E-state index contributed by atoms with van der Waals surface area (Å²) in [6.07, 6.45) is 7.64. The van der Waals surface area contributed by atoms with E-state index in [1.165, 1.54) is 19.3 Å². The number of rotatable bonds is 4. The quantitative estimate of drug-likeness (QED) is 0.866. The van der Waals surface area contributed by atoms with Crippen LogP contribution in [0, 0.1) is 30.1 Å². The van der Waals surface area contributed by atoms with Gasteiger partial charge in [-0.15, -0.1) is 0 Å². The molecule has 0 atom stereocenters. The van der Waals surface area contributed by atoms with E-state index in [1.54, 1.807) is 0 Å². The van der Waals surface area contributed by atoms with Crippen LogP contribution in [0.25, 0.3) is 0 Å². The summed E-state index contributed by atoms with van der Waals surface area (Å²) < 4.78 is 0. The summed E-state index contributed by atoms with van der Waals surface area (Å²) in [7, 11) is 0. The summed E-state index contributed by atoms with van der Waals surface area (Å²) in [5, 5.41) is 3.29. The largest absolute Gasteiger partial charge is 0.370 e. The molecule has 5 aliphatic rings. The predicted octanol–water partition coefficient (Wildman–Crippen LogP) is 3.08. The summed E-state index contributed by atoms with van der Waals surface area (Å²) in [4.78, 5) is 27.3. The minimum atomic E-state index is -0.0189. The van der Waals surface area contributed by atoms with Crippen molar-refractivity contribution in [3.8, 4) is 0 Å². The van der Waals surface area contributed by atoms with Crippen molar-refractivity contribution in [1.29, 1.82) is 0 Å². The number of hydrogen-bond acceptors (Lipinski definition) is 5. The van der Waals surface area contributed by atoms with E-state index in [9.17, 15) is 4.79 Å². The van der Waals surface area contributed by atoms with Crippen LogP contribution >= 0.6 is 0 Å². The normalized spacial score (nSPS) is 34.0. The maximum absolute atomic E-state index is 13.6. The van der Waals surface area contributed by atoms with Gasteiger partial charge in [0.1, 0.15) is 5.82 Å². The van der Waals surface area contributed by atoms with Gasteiger partial charge in [0.25, 0.3) is 0 Å². The third-order valence-corrected chi connectivity index (χ3v) is 7.54. The lowest BCUT2D eigenvalue weighted by Crippen LogP contribution is -2.58. The minimum absolute atomic E-state index is 0.0189. The fourth-order valence-corrected chi connectivity index (χ4v) is 6.78. The van der Waals surface area contributed by atoms with Gasteiger partial charge in [-0.2, -0.15) is 4.98 Å². The second kappa shape index (κ2) is 6.89. The van der Waals surface area contributed by atoms with Gasteiger partial charge in [0, 0.05) is 44.5 Å². The number of carbonyl (C=O) groups excluding carboxylic acids is 1. The van der Waals surface area contributed by atoms with Gasteiger partial charge in [0.05, 0.1) is 5.41 Å². The Balaban J connectivity index is 1.26. The molecule has 1 aromatic rings. The molecule has 1 aliphatic heterocycles. The summed E-state index contributed by atoms with van der Waals surface area (Å²) in [5.74, 6) is 4.60. The van der Waals surface area contributed by atoms with E-state index in [0.29, 0.717) is 5.91 Å². The van der Waals surface area contributed by atoms with Crippen molar-refractivity contribution in [2.45, 2.75) is 52.4 Å². The molecule has 0 unspecified atom stereocenters. The van der Waals surface area contributed by atoms with Gasteiger partial charge in [-0.25, -0.2) is 4.98 Å². The molecule has 1 aromatic heterocycles. The Hall–Kier alpha value is -1.85. The zero-order valence-corrected chi connectivity index (χ0v) is 17.3. The number of nitrogens with zero attached hydrogens (tertiary/aromatic N) is 4. The molecule has 1 amide bonds. The topological polar surface area (TPSA) is 61.4 Å². The van der Waals surface area contributed by atoms with Crippen LogP contribution < -0.4 is 10.2 Å². The molecule has 2 heterocycles. The van der Waals surface area contributed by atoms with Crippen LogP contribution in [-0.4, -0.2) is 53.5 Å². The number of amides is 1. The molecule has 28 heavy (non-hydrogen) atoms. The fourth-order valence-electron chi connectivity index (χ4n) is 6.78. The van der Waals surface area contributed by atoms with Crippen molar-refractivity contribution >= 4 is 17.7 Å². The van der Waals surface area contributed by atoms with Crippen molar-refractivity contribution in [1.82, 2.24) is 14.9 Å². The lowest BCUT2D eigenvalue weighted by molar-refractivity contribution is -0.158. The van der Waals surface area contributed by atoms with Gasteiger partial charge in [-0.1, -0.05) is 0 Å². The van der Waals surface area contributed by atoms with Gasteiger partial charge in [0.2, 0.25) is 11.9 Å². The first kappa shape index (κ1) is 18.2. The molecule has 4 bridgehead atoms. The minimum Gasteiger partial charge on any atom is -0.370 e. The first-order chi connectivity index (χ1) is 13.5. The standard InChI is InChI=1S/C22H33N5O/c1-3-23-19-8-15(2)24-21(25-19)27-6-4-26(5-7-27)20(28)22-12-16-9-17(13-22)11-18(10-16)14-22/h8,16-18H,3-7,9-14H2,1-2H3,(H,23,24,25). The predicted molar refractivity (Wildman–Crippen MR) is 110 cm³/mol. The summed E-state index contributed by atoms with van der Waals surface area (Å²) in [6.45, 7) is 8.19. The van der Waals surface area contributed by atoms with Crippen molar-refractivity contribution in [3.63, 3.8) is 0 Å². The monoisotopic (exact) mass is 383 g/mol. The molecule has 4 aliphatic carbocycles. The van der Waals surface area contributed by atoms with Crippen LogP contribution in [0.2, 0.25) is 0 Å². The maximum atomic E-state index is 13.6. The second-order valence-corrected chi connectivity index (χ2v) is 9.70. The number of piperazine rings is 1. The highest BCUT2D eigenvalue weighted by molar-refractivity contribution is 5.83. The van der Waals surface area contributed by atoms with Gasteiger partial charge in [-0.3, -0.25) is 4.79 Å². The lowest BCUT2D eigenvalue weighted by atomic mass is 9.49. The second-order valence-electron chi connectivity index (χ2n) is 9.70. The van der Waals surface area contributed by atoms with E-state index in [2.05, 4.69) is 32.0 Å². The Morgan fingerprint density at radius 3 is 2.25 bits per heavy atom. The Morgan fingerprint density at radius 2 is 1.68 bits per heavy atom. The van der Waals surface area contributed by atoms with Crippen molar-refractivity contribution in [3.05, 3.63) is 11.8 Å². The van der Waals surface area contributed by atoms with E-state index in [-0.39, 0.29) is 5.41 Å². The molecule has 6 heteroatoms. The van der Waals surface area contributed by atoms with E-state index < -0.39 is 0 Å². The van der Waals surface area contributed by atoms with Gasteiger partial charge < -0.3 is 15.1 Å². The summed E-state index contributed by atoms with van der Waals surface area (Å²) in [5.41, 5.74) is 0.961. The third kappa shape index (κ3) is 3.15. The van der Waals surface area contributed by atoms with E-state index in [4.69, 9.17) is 0 Å². The zero-order chi connectivity index (χ0) is 19.3. The van der Waals surface area contributed by atoms with Crippen molar-refractivity contribution in [2.24, 2.45) is 23.2 Å². The Morgan fingerprint density at radius 1 is 1.07 bits per heavy atom. The molecule has 1 N–H and O–H groups in total. The van der Waals surface area contributed by atoms with Crippen LogP contribution in [0.4, 0.5) is 11.8 Å². The third-order valence-electron chi connectivity index (χ3n) is 7.54. The molecule has 0 aromatic carbocycles. The first-order valence-corrected chi connectivity index (χ1v) is 11.2. The highest BCUT2D eigenvalue weighted by atomic mass is 16.2. The molecule has 6 nitrogen and oxygen atoms in total. The SMILES string of the molecule is CCNc1cc(C)nc(N2CCN(C(=O)C34CC5CC(CC(C5)C3)C4)CC2)n1. The molecular weight excluding hydrogens is 350 g/mol. The van der Waals surface area contributed by atoms with Gasteiger partial charge in [0.15, 0.2) is 0 Å². The summed E-state index contributed by atoms with van der Waals surface area (Å²) >= 11 is 0. The molecule has 5 fully saturated rings. The molecule has 6 rings (SSSR count). The first-order valence-electron chi connectivity index (χ1n) is 11.2. The van der Waals surface area contributed by atoms with E-state index in [1.807, 2.05) is 13.0 Å². The number of carbonyl (C=O) groups is 1. The van der Waals surface area contributed by atoms with Crippen LogP contribution in [0.5, 0.6) is 0 Å². The van der Waals surface area contributed by atoms with Crippen molar-refractivity contribution < 1.29 is 4.79 Å².